The predicted octanol–water partition coefficient (Wildman–Crippen LogP) is 3.43. The van der Waals surface area contributed by atoms with Crippen molar-refractivity contribution in [2.75, 3.05) is 11.5 Å². The van der Waals surface area contributed by atoms with Crippen molar-refractivity contribution in [2.24, 2.45) is 9.98 Å². The van der Waals surface area contributed by atoms with Gasteiger partial charge in [0, 0.05) is 33.7 Å². The second-order valence-corrected chi connectivity index (χ2v) is 10.5. The highest BCUT2D eigenvalue weighted by Gasteiger charge is 2.10. The number of para-hydroxylation sites is 2. The monoisotopic (exact) mass is 540 g/mol. The number of rotatable bonds is 11. The van der Waals surface area contributed by atoms with Crippen LogP contribution in [0.1, 0.15) is 11.1 Å². The molecular weight excluding hydrogens is 514 g/mol. The van der Waals surface area contributed by atoms with Gasteiger partial charge in [0.25, 0.3) is 0 Å². The Morgan fingerprint density at radius 3 is 1.26 bits per heavy atom. The summed E-state index contributed by atoms with van der Waals surface area (Å²) in [6.45, 7) is 0. The molecule has 0 heterocycles. The Morgan fingerprint density at radius 1 is 0.526 bits per heavy atom. The molecule has 10 heteroatoms. The second kappa shape index (κ2) is 14.2. The average molecular weight is 540 g/mol. The SMILES string of the molecule is OB(O)c1ccc(C=Nc2ccccc2SCCSc2ccccc2N=Cc2ccc(B(O)O)cc2)cc1. The van der Waals surface area contributed by atoms with Crippen molar-refractivity contribution in [2.45, 2.75) is 9.79 Å². The number of thioether (sulfide) groups is 2. The lowest BCUT2D eigenvalue weighted by Gasteiger charge is -2.07. The Morgan fingerprint density at radius 2 is 0.895 bits per heavy atom. The smallest absolute Gasteiger partial charge is 0.423 e. The molecule has 4 N–H and O–H groups in total. The van der Waals surface area contributed by atoms with Gasteiger partial charge in [0.15, 0.2) is 0 Å². The molecule has 6 nitrogen and oxygen atoms in total. The molecule has 0 aliphatic heterocycles. The summed E-state index contributed by atoms with van der Waals surface area (Å²) in [7, 11) is -2.95. The number of hydrogen-bond acceptors (Lipinski definition) is 8. The first-order valence-corrected chi connectivity index (χ1v) is 13.9. The van der Waals surface area contributed by atoms with E-state index in [4.69, 9.17) is 0 Å². The van der Waals surface area contributed by atoms with Gasteiger partial charge in [-0.25, -0.2) is 0 Å². The van der Waals surface area contributed by atoms with E-state index in [1.165, 1.54) is 0 Å². The lowest BCUT2D eigenvalue weighted by atomic mass is 9.80. The quantitative estimate of drug-likeness (QED) is 0.101. The summed E-state index contributed by atoms with van der Waals surface area (Å²) in [4.78, 5) is 11.5. The van der Waals surface area contributed by atoms with Gasteiger partial charge >= 0.3 is 14.2 Å². The number of nitrogens with zero attached hydrogens (tertiary/aromatic N) is 2. The highest BCUT2D eigenvalue weighted by atomic mass is 32.2. The van der Waals surface area contributed by atoms with Gasteiger partial charge in [-0.15, -0.1) is 23.5 Å². The van der Waals surface area contributed by atoms with Crippen molar-refractivity contribution in [3.05, 3.63) is 108 Å². The minimum absolute atomic E-state index is 0.445. The van der Waals surface area contributed by atoms with Crippen molar-refractivity contribution in [3.8, 4) is 0 Å². The molecule has 4 aromatic carbocycles. The van der Waals surface area contributed by atoms with Crippen LogP contribution in [0.3, 0.4) is 0 Å². The number of benzene rings is 4. The second-order valence-electron chi connectivity index (χ2n) is 8.23. The van der Waals surface area contributed by atoms with Crippen LogP contribution in [-0.2, 0) is 0 Å². The first-order chi connectivity index (χ1) is 18.5. The zero-order chi connectivity index (χ0) is 26.7. The molecule has 0 radical (unpaired) electrons. The maximum atomic E-state index is 9.24. The Bertz CT molecular complexity index is 1280. The van der Waals surface area contributed by atoms with Crippen LogP contribution in [0.4, 0.5) is 11.4 Å². The summed E-state index contributed by atoms with van der Waals surface area (Å²) >= 11 is 3.50. The van der Waals surface area contributed by atoms with Gasteiger partial charge in [-0.1, -0.05) is 72.8 Å². The summed E-state index contributed by atoms with van der Waals surface area (Å²) in [5, 5.41) is 37.0. The summed E-state index contributed by atoms with van der Waals surface area (Å²) < 4.78 is 0. The third-order valence-electron chi connectivity index (χ3n) is 5.50. The van der Waals surface area contributed by atoms with Crippen molar-refractivity contribution in [1.29, 1.82) is 0 Å². The Balaban J connectivity index is 1.33. The topological polar surface area (TPSA) is 106 Å². The molecule has 0 saturated heterocycles. The molecule has 0 bridgehead atoms. The zero-order valence-electron chi connectivity index (χ0n) is 20.5. The Hall–Kier alpha value is -3.11. The van der Waals surface area contributed by atoms with Crippen molar-refractivity contribution >= 4 is 72.5 Å². The van der Waals surface area contributed by atoms with Gasteiger partial charge in [0.2, 0.25) is 0 Å². The van der Waals surface area contributed by atoms with Gasteiger partial charge in [-0.3, -0.25) is 9.98 Å². The molecule has 190 valence electrons. The number of hydrogen-bond donors (Lipinski definition) is 4. The van der Waals surface area contributed by atoms with Crippen molar-refractivity contribution < 1.29 is 20.1 Å². The minimum Gasteiger partial charge on any atom is -0.423 e. The standard InChI is InChI=1S/C28H26B2N2O4S2/c33-29(34)23-13-9-21(10-14-23)19-31-25-5-1-3-7-27(25)37-17-18-38-28-8-4-2-6-26(28)32-20-22-11-15-24(16-12-22)30(35)36/h1-16,19-20,33-36H,17-18H2. The van der Waals surface area contributed by atoms with E-state index in [9.17, 15) is 20.1 Å². The molecule has 0 amide bonds. The van der Waals surface area contributed by atoms with E-state index in [1.807, 2.05) is 36.4 Å². The number of aliphatic imine (C=N–C) groups is 2. The summed E-state index contributed by atoms with van der Waals surface area (Å²) in [5.74, 6) is 1.78. The van der Waals surface area contributed by atoms with Crippen LogP contribution >= 0.6 is 23.5 Å². The summed E-state index contributed by atoms with van der Waals surface area (Å²) in [5.41, 5.74) is 4.42. The van der Waals surface area contributed by atoms with Crippen LogP contribution < -0.4 is 10.9 Å². The van der Waals surface area contributed by atoms with Crippen molar-refractivity contribution in [3.63, 3.8) is 0 Å². The normalized spacial score (nSPS) is 11.4. The van der Waals surface area contributed by atoms with E-state index in [-0.39, 0.29) is 0 Å². The summed E-state index contributed by atoms with van der Waals surface area (Å²) in [6.07, 6.45) is 3.55. The van der Waals surface area contributed by atoms with Crippen molar-refractivity contribution in [1.82, 2.24) is 0 Å². The first-order valence-electron chi connectivity index (χ1n) is 11.9. The maximum Gasteiger partial charge on any atom is 0.488 e. The highest BCUT2D eigenvalue weighted by Crippen LogP contribution is 2.33. The molecule has 0 saturated carbocycles. The Kier molecular flexibility index (Phi) is 10.4. The fourth-order valence-corrected chi connectivity index (χ4v) is 5.46. The van der Waals surface area contributed by atoms with Crippen LogP contribution in [0.2, 0.25) is 0 Å². The van der Waals surface area contributed by atoms with Crippen LogP contribution in [0.25, 0.3) is 0 Å². The van der Waals surface area contributed by atoms with Gasteiger partial charge in [-0.2, -0.15) is 0 Å². The molecule has 0 aromatic heterocycles. The minimum atomic E-state index is -1.48. The van der Waals surface area contributed by atoms with Gasteiger partial charge in [0.05, 0.1) is 11.4 Å². The lowest BCUT2D eigenvalue weighted by Crippen LogP contribution is -2.29. The lowest BCUT2D eigenvalue weighted by molar-refractivity contribution is 0.424. The average Bonchev–Trinajstić information content (AvgIpc) is 2.94. The van der Waals surface area contributed by atoms with Crippen LogP contribution in [0.15, 0.2) is 117 Å². The predicted molar refractivity (Wildman–Crippen MR) is 161 cm³/mol. The van der Waals surface area contributed by atoms with Gasteiger partial charge < -0.3 is 20.1 Å². The largest absolute Gasteiger partial charge is 0.488 e. The molecule has 4 aromatic rings. The molecule has 0 unspecified atom stereocenters. The molecule has 0 aliphatic carbocycles. The fourth-order valence-electron chi connectivity index (χ4n) is 3.47. The van der Waals surface area contributed by atoms with Crippen LogP contribution in [0.5, 0.6) is 0 Å². The van der Waals surface area contributed by atoms with Gasteiger partial charge in [0.1, 0.15) is 0 Å². The van der Waals surface area contributed by atoms with E-state index in [0.717, 1.165) is 43.8 Å². The molecule has 4 rings (SSSR count). The fraction of sp³-hybridized carbons (Fsp3) is 0.0714. The third kappa shape index (κ3) is 8.19. The van der Waals surface area contributed by atoms with Crippen LogP contribution in [0, 0.1) is 0 Å². The molecule has 0 spiro atoms. The zero-order valence-corrected chi connectivity index (χ0v) is 22.1. The summed E-state index contributed by atoms with van der Waals surface area (Å²) in [6, 6.07) is 29.9. The Labute approximate surface area is 231 Å². The van der Waals surface area contributed by atoms with E-state index < -0.39 is 14.2 Å². The highest BCUT2D eigenvalue weighted by molar-refractivity contribution is 8.03. The van der Waals surface area contributed by atoms with E-state index in [2.05, 4.69) is 22.1 Å². The molecule has 0 fully saturated rings. The molecule has 0 atom stereocenters. The van der Waals surface area contributed by atoms with E-state index in [1.54, 1.807) is 84.5 Å². The molecular formula is C28H26B2N2O4S2. The first kappa shape index (κ1) is 27.9. The van der Waals surface area contributed by atoms with E-state index >= 15 is 0 Å². The van der Waals surface area contributed by atoms with Crippen LogP contribution in [-0.4, -0.2) is 58.3 Å². The molecule has 0 aliphatic rings. The van der Waals surface area contributed by atoms with Gasteiger partial charge in [-0.05, 0) is 46.3 Å². The van der Waals surface area contributed by atoms with E-state index in [0.29, 0.717) is 10.9 Å². The molecule has 38 heavy (non-hydrogen) atoms. The maximum absolute atomic E-state index is 9.24. The third-order valence-corrected chi connectivity index (χ3v) is 7.89.